The van der Waals surface area contributed by atoms with Crippen LogP contribution in [0.15, 0.2) is 47.5 Å². The lowest BCUT2D eigenvalue weighted by molar-refractivity contribution is 0.0417. The van der Waals surface area contributed by atoms with Crippen molar-refractivity contribution >= 4 is 16.8 Å². The van der Waals surface area contributed by atoms with E-state index in [0.29, 0.717) is 48.4 Å². The number of rotatable bonds is 3. The number of carbonyl (C=O) groups is 1. The lowest BCUT2D eigenvalue weighted by Crippen LogP contribution is -2.40. The van der Waals surface area contributed by atoms with E-state index in [1.54, 1.807) is 29.3 Å². The molecule has 140 valence electrons. The number of hydrogen-bond donors (Lipinski definition) is 2. The summed E-state index contributed by atoms with van der Waals surface area (Å²) in [5.41, 5.74) is 0.808. The first-order valence-corrected chi connectivity index (χ1v) is 9.11. The average molecular weight is 366 g/mol. The molecule has 0 bridgehead atoms. The second-order valence-corrected chi connectivity index (χ2v) is 7.06. The Bertz CT molecular complexity index is 1030. The fourth-order valence-electron chi connectivity index (χ4n) is 3.77. The van der Waals surface area contributed by atoms with E-state index in [9.17, 15) is 14.7 Å². The Morgan fingerprint density at radius 3 is 2.74 bits per heavy atom. The predicted octanol–water partition coefficient (Wildman–Crippen LogP) is 1.85. The third-order valence-electron chi connectivity index (χ3n) is 5.36. The highest BCUT2D eigenvalue weighted by Crippen LogP contribution is 2.30. The van der Waals surface area contributed by atoms with Gasteiger partial charge >= 0.3 is 0 Å². The van der Waals surface area contributed by atoms with Crippen molar-refractivity contribution in [1.82, 2.24) is 19.4 Å². The molecular weight excluding hydrogens is 344 g/mol. The zero-order valence-electron chi connectivity index (χ0n) is 15.1. The molecule has 27 heavy (non-hydrogen) atoms. The number of H-pyrrole nitrogens is 1. The minimum Gasteiger partial charge on any atom is -0.385 e. The van der Waals surface area contributed by atoms with Gasteiger partial charge < -0.3 is 19.6 Å². The standard InChI is InChI=1S/C20H22N4O3/c1-23-11-8-21-19(23)18(26)13-6-9-24(10-7-13)20(27)16-12-17(25)14-4-2-3-5-15(14)22-16/h2-5,8,11-13,18,26H,6-7,9-10H2,1H3,(H,22,25)/t18-/m0/s1. The maximum Gasteiger partial charge on any atom is 0.270 e. The van der Waals surface area contributed by atoms with E-state index in [1.807, 2.05) is 23.9 Å². The second-order valence-electron chi connectivity index (χ2n) is 7.06. The molecule has 1 atom stereocenters. The number of aromatic nitrogens is 3. The maximum atomic E-state index is 12.8. The van der Waals surface area contributed by atoms with E-state index in [0.717, 1.165) is 0 Å². The van der Waals surface area contributed by atoms with Crippen LogP contribution in [0.5, 0.6) is 0 Å². The number of imidazole rings is 1. The van der Waals surface area contributed by atoms with Crippen LogP contribution in [-0.2, 0) is 7.05 Å². The Hall–Kier alpha value is -2.93. The Morgan fingerprint density at radius 2 is 2.04 bits per heavy atom. The molecule has 4 rings (SSSR count). The summed E-state index contributed by atoms with van der Waals surface area (Å²) < 4.78 is 1.82. The highest BCUT2D eigenvalue weighted by atomic mass is 16.3. The number of piperidine rings is 1. The molecule has 0 unspecified atom stereocenters. The summed E-state index contributed by atoms with van der Waals surface area (Å²) >= 11 is 0. The first-order valence-electron chi connectivity index (χ1n) is 9.11. The summed E-state index contributed by atoms with van der Waals surface area (Å²) in [6.07, 6.45) is 4.23. The lowest BCUT2D eigenvalue weighted by Gasteiger charge is -2.34. The van der Waals surface area contributed by atoms with Gasteiger partial charge in [0.2, 0.25) is 0 Å². The molecular formula is C20H22N4O3. The van der Waals surface area contributed by atoms with Crippen molar-refractivity contribution in [1.29, 1.82) is 0 Å². The van der Waals surface area contributed by atoms with E-state index in [-0.39, 0.29) is 17.3 Å². The van der Waals surface area contributed by atoms with E-state index in [4.69, 9.17) is 0 Å². The largest absolute Gasteiger partial charge is 0.385 e. The Kier molecular flexibility index (Phi) is 4.53. The zero-order valence-corrected chi connectivity index (χ0v) is 15.1. The monoisotopic (exact) mass is 366 g/mol. The molecule has 0 saturated carbocycles. The van der Waals surface area contributed by atoms with Crippen molar-refractivity contribution in [2.24, 2.45) is 13.0 Å². The number of aromatic amines is 1. The molecule has 7 nitrogen and oxygen atoms in total. The minimum atomic E-state index is -0.636. The number of aliphatic hydroxyl groups is 1. The number of benzene rings is 1. The molecule has 2 N–H and O–H groups in total. The quantitative estimate of drug-likeness (QED) is 0.740. The number of para-hydroxylation sites is 1. The van der Waals surface area contributed by atoms with Crippen LogP contribution in [0.4, 0.5) is 0 Å². The van der Waals surface area contributed by atoms with Crippen LogP contribution < -0.4 is 5.43 Å². The van der Waals surface area contributed by atoms with Gasteiger partial charge in [-0.25, -0.2) is 4.98 Å². The van der Waals surface area contributed by atoms with Crippen LogP contribution in [0.2, 0.25) is 0 Å². The number of pyridine rings is 1. The number of nitrogens with one attached hydrogen (secondary N) is 1. The van der Waals surface area contributed by atoms with Crippen molar-refractivity contribution in [3.8, 4) is 0 Å². The summed E-state index contributed by atoms with van der Waals surface area (Å²) in [5.74, 6) is 0.534. The van der Waals surface area contributed by atoms with Gasteiger partial charge in [-0.2, -0.15) is 0 Å². The van der Waals surface area contributed by atoms with Crippen LogP contribution >= 0.6 is 0 Å². The molecule has 0 aliphatic carbocycles. The van der Waals surface area contributed by atoms with Gasteiger partial charge in [0, 0.05) is 49.5 Å². The SMILES string of the molecule is Cn1ccnc1[C@@H](O)C1CCN(C(=O)c2cc(=O)c3ccccc3[nH]2)CC1. The van der Waals surface area contributed by atoms with Crippen LogP contribution in [0, 0.1) is 5.92 Å². The summed E-state index contributed by atoms with van der Waals surface area (Å²) in [6, 6.07) is 8.54. The topological polar surface area (TPSA) is 91.2 Å². The molecule has 1 aromatic carbocycles. The molecule has 0 radical (unpaired) electrons. The van der Waals surface area contributed by atoms with Gasteiger partial charge in [0.1, 0.15) is 17.6 Å². The third-order valence-corrected chi connectivity index (χ3v) is 5.36. The Labute approximate surface area is 156 Å². The van der Waals surface area contributed by atoms with Crippen molar-refractivity contribution in [2.45, 2.75) is 18.9 Å². The fraction of sp³-hybridized carbons (Fsp3) is 0.350. The number of aryl methyl sites for hydroxylation is 1. The Morgan fingerprint density at radius 1 is 1.30 bits per heavy atom. The van der Waals surface area contributed by atoms with Gasteiger partial charge in [-0.15, -0.1) is 0 Å². The molecule has 3 heterocycles. The van der Waals surface area contributed by atoms with Crippen molar-refractivity contribution in [3.05, 3.63) is 64.5 Å². The molecule has 3 aromatic rings. The number of nitrogens with zero attached hydrogens (tertiary/aromatic N) is 3. The molecule has 0 spiro atoms. The summed E-state index contributed by atoms with van der Waals surface area (Å²) in [5, 5.41) is 11.2. The Balaban J connectivity index is 1.47. The van der Waals surface area contributed by atoms with Crippen LogP contribution in [0.25, 0.3) is 10.9 Å². The molecule has 1 saturated heterocycles. The van der Waals surface area contributed by atoms with Gasteiger partial charge in [0.05, 0.1) is 0 Å². The van der Waals surface area contributed by atoms with Gasteiger partial charge in [0.25, 0.3) is 5.91 Å². The molecule has 1 fully saturated rings. The fourth-order valence-corrected chi connectivity index (χ4v) is 3.77. The van der Waals surface area contributed by atoms with Crippen LogP contribution in [-0.4, -0.2) is 43.5 Å². The predicted molar refractivity (Wildman–Crippen MR) is 101 cm³/mol. The van der Waals surface area contributed by atoms with Gasteiger partial charge in [-0.05, 0) is 30.9 Å². The number of hydrogen-bond acceptors (Lipinski definition) is 4. The van der Waals surface area contributed by atoms with Crippen LogP contribution in [0.3, 0.4) is 0 Å². The summed E-state index contributed by atoms with van der Waals surface area (Å²) in [4.78, 5) is 34.1. The molecule has 1 amide bonds. The molecule has 1 aliphatic heterocycles. The number of carbonyl (C=O) groups excluding carboxylic acids is 1. The lowest BCUT2D eigenvalue weighted by atomic mass is 9.90. The highest BCUT2D eigenvalue weighted by molar-refractivity contribution is 5.94. The van der Waals surface area contributed by atoms with Gasteiger partial charge in [0.15, 0.2) is 5.43 Å². The highest BCUT2D eigenvalue weighted by Gasteiger charge is 2.30. The third kappa shape index (κ3) is 3.26. The first-order chi connectivity index (χ1) is 13.0. The average Bonchev–Trinajstić information content (AvgIpc) is 3.13. The second kappa shape index (κ2) is 7.00. The first kappa shape index (κ1) is 17.5. The maximum absolute atomic E-state index is 12.8. The molecule has 2 aromatic heterocycles. The number of aliphatic hydroxyl groups excluding tert-OH is 1. The number of fused-ring (bicyclic) bond motifs is 1. The smallest absolute Gasteiger partial charge is 0.270 e. The van der Waals surface area contributed by atoms with E-state index >= 15 is 0 Å². The van der Waals surface area contributed by atoms with Gasteiger partial charge in [-0.1, -0.05) is 12.1 Å². The minimum absolute atomic E-state index is 0.0609. The van der Waals surface area contributed by atoms with E-state index in [1.165, 1.54) is 6.07 Å². The number of likely N-dealkylation sites (tertiary alicyclic amines) is 1. The molecule has 1 aliphatic rings. The van der Waals surface area contributed by atoms with E-state index < -0.39 is 6.10 Å². The van der Waals surface area contributed by atoms with Crippen molar-refractivity contribution in [2.75, 3.05) is 13.1 Å². The summed E-state index contributed by atoms with van der Waals surface area (Å²) in [6.45, 7) is 1.08. The normalized spacial score (nSPS) is 16.6. The van der Waals surface area contributed by atoms with E-state index in [2.05, 4.69) is 9.97 Å². The van der Waals surface area contributed by atoms with Crippen LogP contribution in [0.1, 0.15) is 35.3 Å². The zero-order chi connectivity index (χ0) is 19.0. The van der Waals surface area contributed by atoms with Crippen molar-refractivity contribution < 1.29 is 9.90 Å². The van der Waals surface area contributed by atoms with Gasteiger partial charge in [-0.3, -0.25) is 9.59 Å². The summed E-state index contributed by atoms with van der Waals surface area (Å²) in [7, 11) is 1.86. The van der Waals surface area contributed by atoms with Crippen molar-refractivity contribution in [3.63, 3.8) is 0 Å². The number of amides is 1. The molecule has 7 heteroatoms.